The minimum absolute atomic E-state index is 0.0209. The molecule has 3 aromatic heterocycles. The number of amides is 2. The highest BCUT2D eigenvalue weighted by atomic mass is 32.2. The molecule has 2 aliphatic heterocycles. The topological polar surface area (TPSA) is 218 Å². The number of fused-ring (bicyclic) bond motifs is 2. The van der Waals surface area contributed by atoms with Crippen LogP contribution in [0.25, 0.3) is 33.1 Å². The van der Waals surface area contributed by atoms with Crippen molar-refractivity contribution >= 4 is 75.2 Å². The standard InChI is InChI=1S/C67H58N4O14S3/c1-45-29-33-51(34-30-45)87(76,77)83-43-58-61(81-41-48-20-9-4-10-21-48)62(82-42-49-22-11-5-12-23-49)63(85-88(78,79)52-35-31-46(2)32-36-52)67(84-58)69-38-55(53-26-15-16-28-57(53)69)59-60(66(73)70(65(59)72)44-80-40-47-18-7-3-8-19-47)56-39-71(64-54(56)27-17-37-68-64)86(74,75)50-24-13-6-14-25-50/h3-39,58,61-63,67H,40-44H2,1-2H3/t58-,61-,62+,63-,67+/m1/s1. The Hall–Kier alpha value is -8.74. The molecule has 12 rings (SSSR count). The Morgan fingerprint density at radius 3 is 1.59 bits per heavy atom. The maximum Gasteiger partial charge on any atom is 0.297 e. The quantitative estimate of drug-likeness (QED) is 0.0455. The second-order valence-corrected chi connectivity index (χ2v) is 26.2. The highest BCUT2D eigenvalue weighted by molar-refractivity contribution is 7.90. The summed E-state index contributed by atoms with van der Waals surface area (Å²) in [5.41, 5.74) is 3.87. The van der Waals surface area contributed by atoms with Crippen LogP contribution in [-0.2, 0) is 87.0 Å². The van der Waals surface area contributed by atoms with E-state index in [2.05, 4.69) is 4.98 Å². The molecule has 5 heterocycles. The van der Waals surface area contributed by atoms with E-state index in [9.17, 15) is 16.8 Å². The lowest BCUT2D eigenvalue weighted by Crippen LogP contribution is -2.59. The number of nitrogens with zero attached hydrogens (tertiary/aromatic N) is 4. The van der Waals surface area contributed by atoms with Crippen molar-refractivity contribution in [2.24, 2.45) is 0 Å². The molecule has 0 N–H and O–H groups in total. The summed E-state index contributed by atoms with van der Waals surface area (Å²) in [7, 11) is -13.6. The number of pyridine rings is 1. The highest BCUT2D eigenvalue weighted by Gasteiger charge is 2.52. The fourth-order valence-corrected chi connectivity index (χ4v) is 14.2. The number of benzene rings is 7. The average Bonchev–Trinajstić information content (AvgIpc) is 2.37. The first-order chi connectivity index (χ1) is 42.6. The summed E-state index contributed by atoms with van der Waals surface area (Å²) in [6, 6.07) is 57.3. The molecule has 0 unspecified atom stereocenters. The van der Waals surface area contributed by atoms with Crippen LogP contribution in [0.15, 0.2) is 240 Å². The van der Waals surface area contributed by atoms with Crippen LogP contribution in [0.1, 0.15) is 45.2 Å². The molecule has 0 radical (unpaired) electrons. The first-order valence-electron chi connectivity index (χ1n) is 28.1. The summed E-state index contributed by atoms with van der Waals surface area (Å²) < 4.78 is 129. The highest BCUT2D eigenvalue weighted by Crippen LogP contribution is 2.45. The normalized spacial score (nSPS) is 18.4. The Kier molecular flexibility index (Phi) is 17.0. The molecule has 10 aromatic rings. The van der Waals surface area contributed by atoms with Gasteiger partial charge in [-0.2, -0.15) is 16.8 Å². The van der Waals surface area contributed by atoms with Crippen LogP contribution < -0.4 is 0 Å². The van der Waals surface area contributed by atoms with Gasteiger partial charge in [-0.3, -0.25) is 18.0 Å². The van der Waals surface area contributed by atoms with Crippen molar-refractivity contribution in [3.63, 3.8) is 0 Å². The molecule has 1 fully saturated rings. The van der Waals surface area contributed by atoms with Crippen LogP contribution in [0.3, 0.4) is 0 Å². The van der Waals surface area contributed by atoms with E-state index < -0.39 is 86.1 Å². The summed E-state index contributed by atoms with van der Waals surface area (Å²) in [5.74, 6) is -1.62. The van der Waals surface area contributed by atoms with Crippen LogP contribution in [0.2, 0.25) is 0 Å². The predicted molar refractivity (Wildman–Crippen MR) is 327 cm³/mol. The Bertz CT molecular complexity index is 4570. The first-order valence-corrected chi connectivity index (χ1v) is 32.3. The van der Waals surface area contributed by atoms with E-state index >= 15 is 18.0 Å². The molecule has 18 nitrogen and oxygen atoms in total. The number of rotatable bonds is 22. The third kappa shape index (κ3) is 12.2. The second-order valence-electron chi connectivity index (χ2n) is 21.2. The molecule has 0 saturated carbocycles. The van der Waals surface area contributed by atoms with Crippen LogP contribution in [0.5, 0.6) is 0 Å². The number of hydrogen-bond acceptors (Lipinski definition) is 15. The maximum absolute atomic E-state index is 15.6. The van der Waals surface area contributed by atoms with Gasteiger partial charge >= 0.3 is 0 Å². The maximum atomic E-state index is 15.6. The largest absolute Gasteiger partial charge is 0.368 e. The number of carbonyl (C=O) groups is 2. The number of hydrogen-bond donors (Lipinski definition) is 0. The van der Waals surface area contributed by atoms with E-state index in [4.69, 9.17) is 27.3 Å². The van der Waals surface area contributed by atoms with Gasteiger partial charge in [0.2, 0.25) is 0 Å². The van der Waals surface area contributed by atoms with Crippen LogP contribution >= 0.6 is 0 Å². The lowest BCUT2D eigenvalue weighted by atomic mass is 9.96. The molecule has 88 heavy (non-hydrogen) atoms. The fourth-order valence-electron chi connectivity index (χ4n) is 10.9. The second kappa shape index (κ2) is 25.2. The predicted octanol–water partition coefficient (Wildman–Crippen LogP) is 10.5. The van der Waals surface area contributed by atoms with Crippen molar-refractivity contribution in [1.29, 1.82) is 0 Å². The van der Waals surface area contributed by atoms with Crippen molar-refractivity contribution in [2.45, 2.75) is 79.0 Å². The summed E-state index contributed by atoms with van der Waals surface area (Å²) in [6.45, 7) is 2.22. The Balaban J connectivity index is 1.06. The number of aryl methyl sites for hydroxylation is 2. The van der Waals surface area contributed by atoms with Crippen LogP contribution in [0.4, 0.5) is 0 Å². The number of aromatic nitrogens is 3. The zero-order chi connectivity index (χ0) is 61.2. The summed E-state index contributed by atoms with van der Waals surface area (Å²) in [4.78, 5) is 36.1. The summed E-state index contributed by atoms with van der Waals surface area (Å²) in [6.07, 6.45) is -3.26. The minimum atomic E-state index is -4.77. The number of carbonyl (C=O) groups excluding carboxylic acids is 2. The number of ether oxygens (including phenoxy) is 4. The van der Waals surface area contributed by atoms with Crippen molar-refractivity contribution in [3.8, 4) is 0 Å². The Labute approximate surface area is 509 Å². The van der Waals surface area contributed by atoms with Crippen LogP contribution in [-0.4, -0.2) is 93.2 Å². The van der Waals surface area contributed by atoms with Crippen LogP contribution in [0, 0.1) is 13.8 Å². The van der Waals surface area contributed by atoms with E-state index in [0.717, 1.165) is 25.6 Å². The zero-order valence-electron chi connectivity index (χ0n) is 47.5. The Morgan fingerprint density at radius 1 is 0.500 bits per heavy atom. The van der Waals surface area contributed by atoms with Crippen molar-refractivity contribution in [1.82, 2.24) is 18.4 Å². The molecular formula is C67H58N4O14S3. The molecule has 0 spiro atoms. The summed E-state index contributed by atoms with van der Waals surface area (Å²) >= 11 is 0. The first kappa shape index (κ1) is 59.6. The fraction of sp³-hybridized carbons (Fsp3) is 0.179. The SMILES string of the molecule is Cc1ccc(S(=O)(=O)OC[C@H]2O[C@H](n3cc(C4=C(c5cn(S(=O)(=O)c6ccccc6)c6ncccc56)C(=O)N(COCc5ccccc5)C4=O)c4ccccc43)[C@H](OS(=O)(=O)c3ccc(C)cc3)[C@@H](OCc3ccccc3)[C@@H]2OCc2ccccc2)cc1. The van der Waals surface area contributed by atoms with E-state index in [0.29, 0.717) is 22.0 Å². The van der Waals surface area contributed by atoms with Crippen molar-refractivity contribution in [3.05, 3.63) is 264 Å². The van der Waals surface area contributed by atoms with Crippen molar-refractivity contribution < 1.29 is 62.2 Å². The molecule has 1 saturated heterocycles. The zero-order valence-corrected chi connectivity index (χ0v) is 50.0. The lowest BCUT2D eigenvalue weighted by molar-refractivity contribution is -0.267. The average molecular weight is 1240 g/mol. The smallest absolute Gasteiger partial charge is 0.297 e. The van der Waals surface area contributed by atoms with Gasteiger partial charge in [0.25, 0.3) is 42.1 Å². The van der Waals surface area contributed by atoms with Gasteiger partial charge in [-0.05, 0) is 85.1 Å². The third-order valence-electron chi connectivity index (χ3n) is 15.3. The molecule has 0 bridgehead atoms. The molecule has 7 aromatic carbocycles. The summed E-state index contributed by atoms with van der Waals surface area (Å²) in [5, 5.41) is 0.574. The molecular weight excluding hydrogens is 1180 g/mol. The lowest BCUT2D eigenvalue weighted by Gasteiger charge is -2.46. The van der Waals surface area contributed by atoms with Gasteiger partial charge in [-0.25, -0.2) is 22.3 Å². The van der Waals surface area contributed by atoms with Gasteiger partial charge in [0.1, 0.15) is 25.0 Å². The Morgan fingerprint density at radius 2 is 1.00 bits per heavy atom. The van der Waals surface area contributed by atoms with Gasteiger partial charge in [0.15, 0.2) is 18.0 Å². The van der Waals surface area contributed by atoms with Gasteiger partial charge in [0.05, 0.1) is 57.8 Å². The molecule has 448 valence electrons. The molecule has 5 atom stereocenters. The molecule has 0 aliphatic carbocycles. The van der Waals surface area contributed by atoms with Gasteiger partial charge < -0.3 is 23.5 Å². The van der Waals surface area contributed by atoms with E-state index in [-0.39, 0.29) is 67.8 Å². The third-order valence-corrected chi connectivity index (χ3v) is 19.6. The molecule has 2 aliphatic rings. The van der Waals surface area contributed by atoms with Gasteiger partial charge in [-0.15, -0.1) is 0 Å². The molecule has 2 amide bonds. The minimum Gasteiger partial charge on any atom is -0.368 e. The number of imide groups is 1. The van der Waals surface area contributed by atoms with E-state index in [1.807, 2.05) is 105 Å². The van der Waals surface area contributed by atoms with Crippen molar-refractivity contribution in [2.75, 3.05) is 13.3 Å². The van der Waals surface area contributed by atoms with E-state index in [1.165, 1.54) is 55.0 Å². The monoisotopic (exact) mass is 1240 g/mol. The van der Waals surface area contributed by atoms with E-state index in [1.54, 1.807) is 83.4 Å². The van der Waals surface area contributed by atoms with Gasteiger partial charge in [-0.1, -0.05) is 163 Å². The molecule has 21 heteroatoms. The number of para-hydroxylation sites is 1. The van der Waals surface area contributed by atoms with Gasteiger partial charge in [0, 0.05) is 40.5 Å².